The zero-order valence-corrected chi connectivity index (χ0v) is 17.6. The van der Waals surface area contributed by atoms with E-state index in [1.165, 1.54) is 5.56 Å². The molecule has 0 aliphatic heterocycles. The van der Waals surface area contributed by atoms with Gasteiger partial charge in [-0.05, 0) is 35.7 Å². The predicted molar refractivity (Wildman–Crippen MR) is 119 cm³/mol. The highest BCUT2D eigenvalue weighted by atomic mass is 16.5. The molecule has 0 saturated heterocycles. The van der Waals surface area contributed by atoms with E-state index in [1.54, 1.807) is 19.2 Å². The number of methoxy groups -OCH3 is 1. The molecule has 0 unspecified atom stereocenters. The summed E-state index contributed by atoms with van der Waals surface area (Å²) < 4.78 is 5.17. The molecule has 0 spiro atoms. The van der Waals surface area contributed by atoms with E-state index in [9.17, 15) is 9.59 Å². The monoisotopic (exact) mass is 408 g/mol. The summed E-state index contributed by atoms with van der Waals surface area (Å²) in [5.74, 6) is 0.825. The van der Waals surface area contributed by atoms with Crippen LogP contribution in [0.4, 0.5) is 5.69 Å². The van der Waals surface area contributed by atoms with Crippen molar-refractivity contribution in [1.29, 1.82) is 0 Å². The molecule has 1 aromatic heterocycles. The van der Waals surface area contributed by atoms with Gasteiger partial charge in [-0.3, -0.25) is 14.5 Å². The highest BCUT2D eigenvalue weighted by molar-refractivity contribution is 5.92. The van der Waals surface area contributed by atoms with E-state index in [4.69, 9.17) is 4.74 Å². The number of fused-ring (bicyclic) bond motifs is 1. The van der Waals surface area contributed by atoms with Gasteiger partial charge in [0.1, 0.15) is 5.82 Å². The maximum absolute atomic E-state index is 12.6. The molecular formula is C23H28N4O3. The van der Waals surface area contributed by atoms with Crippen LogP contribution >= 0.6 is 0 Å². The summed E-state index contributed by atoms with van der Waals surface area (Å²) >= 11 is 0. The van der Waals surface area contributed by atoms with Crippen LogP contribution < -0.4 is 10.9 Å². The van der Waals surface area contributed by atoms with E-state index in [2.05, 4.69) is 29.1 Å². The van der Waals surface area contributed by atoms with Gasteiger partial charge in [0.15, 0.2) is 0 Å². The smallest absolute Gasteiger partial charge is 0.258 e. The predicted octanol–water partition coefficient (Wildman–Crippen LogP) is 3.13. The van der Waals surface area contributed by atoms with Gasteiger partial charge in [-0.15, -0.1) is 0 Å². The number of aromatic nitrogens is 2. The van der Waals surface area contributed by atoms with E-state index < -0.39 is 0 Å². The number of carbonyl (C=O) groups excluding carboxylic acids is 1. The fourth-order valence-electron chi connectivity index (χ4n) is 3.21. The van der Waals surface area contributed by atoms with Crippen molar-refractivity contribution >= 4 is 22.5 Å². The molecule has 3 aromatic rings. The lowest BCUT2D eigenvalue weighted by molar-refractivity contribution is -0.117. The van der Waals surface area contributed by atoms with E-state index in [1.807, 2.05) is 41.3 Å². The number of rotatable bonds is 9. The Morgan fingerprint density at radius 1 is 1.17 bits per heavy atom. The van der Waals surface area contributed by atoms with E-state index >= 15 is 0 Å². The molecule has 0 radical (unpaired) electrons. The molecule has 7 heteroatoms. The lowest BCUT2D eigenvalue weighted by Crippen LogP contribution is -2.36. The van der Waals surface area contributed by atoms with Gasteiger partial charge in [-0.25, -0.2) is 4.98 Å². The zero-order chi connectivity index (χ0) is 21.5. The maximum Gasteiger partial charge on any atom is 0.258 e. The Hall–Kier alpha value is -3.03. The zero-order valence-electron chi connectivity index (χ0n) is 17.6. The van der Waals surface area contributed by atoms with E-state index in [0.29, 0.717) is 42.3 Å². The van der Waals surface area contributed by atoms with Crippen LogP contribution in [0.5, 0.6) is 0 Å². The molecule has 7 nitrogen and oxygen atoms in total. The molecule has 158 valence electrons. The van der Waals surface area contributed by atoms with Gasteiger partial charge < -0.3 is 15.0 Å². The molecule has 0 aliphatic rings. The van der Waals surface area contributed by atoms with Crippen molar-refractivity contribution in [3.05, 3.63) is 70.3 Å². The van der Waals surface area contributed by atoms with Crippen LogP contribution in [0.2, 0.25) is 0 Å². The topological polar surface area (TPSA) is 87.3 Å². The van der Waals surface area contributed by atoms with Crippen LogP contribution in [0.15, 0.2) is 53.3 Å². The summed E-state index contributed by atoms with van der Waals surface area (Å²) in [7, 11) is 1.62. The van der Waals surface area contributed by atoms with Crippen LogP contribution in [0.1, 0.15) is 31.2 Å². The van der Waals surface area contributed by atoms with Crippen molar-refractivity contribution in [1.82, 2.24) is 14.9 Å². The Labute approximate surface area is 176 Å². The van der Waals surface area contributed by atoms with Crippen LogP contribution in [0.3, 0.4) is 0 Å². The normalized spacial score (nSPS) is 11.4. The molecule has 2 N–H and O–H groups in total. The first-order valence-corrected chi connectivity index (χ1v) is 10.1. The molecule has 0 aliphatic carbocycles. The molecule has 0 fully saturated rings. The number of nitrogens with one attached hydrogen (secondary N) is 2. The Balaban J connectivity index is 1.69. The number of carbonyl (C=O) groups is 1. The summed E-state index contributed by atoms with van der Waals surface area (Å²) in [6.07, 6.45) is 0. The average molecular weight is 409 g/mol. The number of hydrogen-bond acceptors (Lipinski definition) is 5. The number of nitrogens with zero attached hydrogens (tertiary/aromatic N) is 2. The number of ether oxygens (including phenoxy) is 1. The number of para-hydroxylation sites is 1. The lowest BCUT2D eigenvalue weighted by Gasteiger charge is -2.21. The molecule has 0 bridgehead atoms. The van der Waals surface area contributed by atoms with Gasteiger partial charge in [0, 0.05) is 19.3 Å². The van der Waals surface area contributed by atoms with Gasteiger partial charge >= 0.3 is 0 Å². The van der Waals surface area contributed by atoms with Crippen LogP contribution in [0, 0.1) is 0 Å². The lowest BCUT2D eigenvalue weighted by atomic mass is 10.0. The van der Waals surface area contributed by atoms with Crippen molar-refractivity contribution in [3.63, 3.8) is 0 Å². The number of anilines is 1. The number of amides is 1. The summed E-state index contributed by atoms with van der Waals surface area (Å²) in [6.45, 7) is 5.76. The first kappa shape index (κ1) is 21.7. The number of H-pyrrole nitrogens is 1. The van der Waals surface area contributed by atoms with Crippen molar-refractivity contribution in [3.8, 4) is 0 Å². The SMILES string of the molecule is COCCN(CC(=O)Nc1ccc(C(C)C)cc1)Cc1nc2ccccc2c(=O)[nH]1. The average Bonchev–Trinajstić information content (AvgIpc) is 2.72. The summed E-state index contributed by atoms with van der Waals surface area (Å²) in [5, 5.41) is 3.48. The minimum absolute atomic E-state index is 0.133. The van der Waals surface area contributed by atoms with Crippen molar-refractivity contribution in [2.45, 2.75) is 26.3 Å². The van der Waals surface area contributed by atoms with Crippen LogP contribution in [-0.4, -0.2) is 47.6 Å². The Morgan fingerprint density at radius 3 is 2.60 bits per heavy atom. The third kappa shape index (κ3) is 5.75. The quantitative estimate of drug-likeness (QED) is 0.568. The second kappa shape index (κ2) is 10.1. The second-order valence-corrected chi connectivity index (χ2v) is 7.56. The summed E-state index contributed by atoms with van der Waals surface area (Å²) in [4.78, 5) is 34.1. The molecule has 0 atom stereocenters. The standard InChI is InChI=1S/C23H28N4O3/c1-16(2)17-8-10-18(11-9-17)24-22(28)15-27(12-13-30-3)14-21-25-20-7-5-4-6-19(20)23(29)26-21/h4-11,16H,12-15H2,1-3H3,(H,24,28)(H,25,26,29). The molecule has 3 rings (SSSR count). The van der Waals surface area contributed by atoms with Crippen molar-refractivity contribution < 1.29 is 9.53 Å². The number of hydrogen-bond donors (Lipinski definition) is 2. The first-order chi connectivity index (χ1) is 14.5. The molecule has 30 heavy (non-hydrogen) atoms. The fourth-order valence-corrected chi connectivity index (χ4v) is 3.21. The van der Waals surface area contributed by atoms with E-state index in [0.717, 1.165) is 5.69 Å². The summed E-state index contributed by atoms with van der Waals surface area (Å²) in [5.41, 5.74) is 2.43. The van der Waals surface area contributed by atoms with Crippen LogP contribution in [-0.2, 0) is 16.1 Å². The number of benzene rings is 2. The Bertz CT molecular complexity index is 1040. The molecule has 2 aromatic carbocycles. The minimum Gasteiger partial charge on any atom is -0.383 e. The molecule has 1 heterocycles. The minimum atomic E-state index is -0.183. The summed E-state index contributed by atoms with van der Waals surface area (Å²) in [6, 6.07) is 15.1. The van der Waals surface area contributed by atoms with Crippen molar-refractivity contribution in [2.75, 3.05) is 32.1 Å². The van der Waals surface area contributed by atoms with Gasteiger partial charge in [0.2, 0.25) is 5.91 Å². The highest BCUT2D eigenvalue weighted by Gasteiger charge is 2.14. The van der Waals surface area contributed by atoms with Gasteiger partial charge in [-0.2, -0.15) is 0 Å². The largest absolute Gasteiger partial charge is 0.383 e. The highest BCUT2D eigenvalue weighted by Crippen LogP contribution is 2.17. The molecule has 1 amide bonds. The molecular weight excluding hydrogens is 380 g/mol. The van der Waals surface area contributed by atoms with Gasteiger partial charge in [0.05, 0.1) is 30.6 Å². The van der Waals surface area contributed by atoms with Crippen molar-refractivity contribution in [2.24, 2.45) is 0 Å². The third-order valence-electron chi connectivity index (χ3n) is 4.88. The number of aromatic amines is 1. The van der Waals surface area contributed by atoms with Gasteiger partial charge in [0.25, 0.3) is 5.56 Å². The third-order valence-corrected chi connectivity index (χ3v) is 4.88. The Morgan fingerprint density at radius 2 is 1.90 bits per heavy atom. The van der Waals surface area contributed by atoms with Gasteiger partial charge in [-0.1, -0.05) is 38.1 Å². The second-order valence-electron chi connectivity index (χ2n) is 7.56. The Kier molecular flexibility index (Phi) is 7.32. The van der Waals surface area contributed by atoms with E-state index in [-0.39, 0.29) is 18.0 Å². The maximum atomic E-state index is 12.6. The fraction of sp³-hybridized carbons (Fsp3) is 0.348. The first-order valence-electron chi connectivity index (χ1n) is 10.1. The van der Waals surface area contributed by atoms with Crippen LogP contribution in [0.25, 0.3) is 10.9 Å². The molecule has 0 saturated carbocycles.